The van der Waals surface area contributed by atoms with Gasteiger partial charge in [-0.1, -0.05) is 50.1 Å². The van der Waals surface area contributed by atoms with Gasteiger partial charge in [-0.05, 0) is 68.0 Å². The number of fused-ring (bicyclic) bond motifs is 2. The minimum Gasteiger partial charge on any atom is -0.465 e. The van der Waals surface area contributed by atoms with Crippen LogP contribution in [0, 0.1) is 0 Å². The van der Waals surface area contributed by atoms with Crippen LogP contribution in [0.4, 0.5) is 0 Å². The summed E-state index contributed by atoms with van der Waals surface area (Å²) in [4.78, 5) is 24.8. The Bertz CT molecular complexity index is 1520. The van der Waals surface area contributed by atoms with Crippen molar-refractivity contribution in [3.8, 4) is 0 Å². The zero-order valence-electron chi connectivity index (χ0n) is 16.0. The van der Waals surface area contributed by atoms with Crippen LogP contribution < -0.4 is 0 Å². The van der Waals surface area contributed by atoms with Crippen molar-refractivity contribution >= 4 is 86.9 Å². The Balaban J connectivity index is 2.11. The maximum Gasteiger partial charge on any atom is 0.338 e. The average molecular weight is 526 g/mol. The van der Waals surface area contributed by atoms with E-state index in [1.807, 2.05) is 36.4 Å². The molecule has 0 saturated heterocycles. The van der Waals surface area contributed by atoms with E-state index >= 15 is 0 Å². The van der Waals surface area contributed by atoms with Crippen LogP contribution in [0.3, 0.4) is 0 Å². The molecule has 6 heteroatoms. The highest BCUT2D eigenvalue weighted by Crippen LogP contribution is 2.45. The zero-order chi connectivity index (χ0) is 21.2. The summed E-state index contributed by atoms with van der Waals surface area (Å²) in [6, 6.07) is 15.3. The van der Waals surface area contributed by atoms with Crippen molar-refractivity contribution in [3.63, 3.8) is 0 Å². The average Bonchev–Trinajstić information content (AvgIpc) is 2.76. The number of hydrogen-bond donors (Lipinski definition) is 0. The molecule has 0 aromatic heterocycles. The minimum absolute atomic E-state index is 0.374. The Morgan fingerprint density at radius 3 is 1.87 bits per heavy atom. The SMILES string of the molecule is COC(=O)c1ccc2c3c(Br)ccc4c(C(=O)OC)ccc(c5cc(Br)cc1c52)c43. The van der Waals surface area contributed by atoms with Crippen LogP contribution in [-0.4, -0.2) is 26.2 Å². The zero-order valence-corrected chi connectivity index (χ0v) is 19.2. The Morgan fingerprint density at radius 2 is 1.20 bits per heavy atom. The number of carbonyl (C=O) groups is 2. The van der Waals surface area contributed by atoms with Gasteiger partial charge in [-0.15, -0.1) is 0 Å². The van der Waals surface area contributed by atoms with Crippen molar-refractivity contribution in [1.29, 1.82) is 0 Å². The van der Waals surface area contributed by atoms with E-state index in [4.69, 9.17) is 9.47 Å². The predicted octanol–water partition coefficient (Wildman–Crippen LogP) is 6.84. The molecule has 0 radical (unpaired) electrons. The first-order chi connectivity index (χ1) is 14.5. The molecule has 0 N–H and O–H groups in total. The topological polar surface area (TPSA) is 52.6 Å². The number of esters is 2. The molecule has 148 valence electrons. The van der Waals surface area contributed by atoms with Gasteiger partial charge in [0.2, 0.25) is 0 Å². The van der Waals surface area contributed by atoms with Gasteiger partial charge in [0.25, 0.3) is 0 Å². The number of methoxy groups -OCH3 is 2. The Hall–Kier alpha value is -2.70. The first-order valence-electron chi connectivity index (χ1n) is 9.15. The standard InChI is InChI=1S/C24H14Br2O4/c1-29-23(27)14-4-3-13-17-9-11(25)10-18-15(24(28)30-2)5-6-16(20(17)18)22-19(26)8-7-12(14)21(13)22/h3-10H,1-2H3. The van der Waals surface area contributed by atoms with E-state index in [9.17, 15) is 9.59 Å². The third-order valence-electron chi connectivity index (χ3n) is 5.58. The molecule has 0 unspecified atom stereocenters. The van der Waals surface area contributed by atoms with Crippen LogP contribution in [-0.2, 0) is 9.47 Å². The lowest BCUT2D eigenvalue weighted by molar-refractivity contribution is 0.0594. The summed E-state index contributed by atoms with van der Waals surface area (Å²) in [6.07, 6.45) is 0. The highest BCUT2D eigenvalue weighted by Gasteiger charge is 2.22. The summed E-state index contributed by atoms with van der Waals surface area (Å²) in [5, 5.41) is 7.57. The predicted molar refractivity (Wildman–Crippen MR) is 126 cm³/mol. The van der Waals surface area contributed by atoms with Crippen molar-refractivity contribution in [3.05, 3.63) is 68.6 Å². The van der Waals surface area contributed by atoms with Crippen LogP contribution >= 0.6 is 31.9 Å². The van der Waals surface area contributed by atoms with Gasteiger partial charge in [-0.2, -0.15) is 0 Å². The highest BCUT2D eigenvalue weighted by atomic mass is 79.9. The van der Waals surface area contributed by atoms with Crippen molar-refractivity contribution in [2.75, 3.05) is 14.2 Å². The molecule has 0 saturated carbocycles. The van der Waals surface area contributed by atoms with Crippen molar-refractivity contribution < 1.29 is 19.1 Å². The summed E-state index contributed by atoms with van der Waals surface area (Å²) < 4.78 is 11.8. The molecular formula is C24H14Br2O4. The molecule has 0 spiro atoms. The summed E-state index contributed by atoms with van der Waals surface area (Å²) in [5.41, 5.74) is 1.03. The maximum absolute atomic E-state index is 12.4. The summed E-state index contributed by atoms with van der Waals surface area (Å²) in [5.74, 6) is -0.754. The molecule has 0 aliphatic rings. The summed E-state index contributed by atoms with van der Waals surface area (Å²) >= 11 is 7.29. The molecule has 0 aliphatic heterocycles. The molecule has 0 aliphatic carbocycles. The molecule has 4 nitrogen and oxygen atoms in total. The number of benzene rings is 5. The molecule has 0 atom stereocenters. The quantitative estimate of drug-likeness (QED) is 0.144. The van der Waals surface area contributed by atoms with Crippen LogP contribution in [0.5, 0.6) is 0 Å². The number of hydrogen-bond acceptors (Lipinski definition) is 4. The molecule has 0 heterocycles. The molecule has 0 fully saturated rings. The lowest BCUT2D eigenvalue weighted by Crippen LogP contribution is -2.04. The molecular weight excluding hydrogens is 512 g/mol. The minimum atomic E-state index is -0.380. The Morgan fingerprint density at radius 1 is 0.633 bits per heavy atom. The fraction of sp³-hybridized carbons (Fsp3) is 0.0833. The van der Waals surface area contributed by atoms with Gasteiger partial charge in [-0.3, -0.25) is 0 Å². The van der Waals surface area contributed by atoms with Crippen molar-refractivity contribution in [1.82, 2.24) is 0 Å². The van der Waals surface area contributed by atoms with E-state index in [1.54, 1.807) is 12.1 Å². The monoisotopic (exact) mass is 524 g/mol. The van der Waals surface area contributed by atoms with E-state index in [-0.39, 0.29) is 11.9 Å². The summed E-state index contributed by atoms with van der Waals surface area (Å²) in [6.45, 7) is 0. The third kappa shape index (κ3) is 2.57. The van der Waals surface area contributed by atoms with Gasteiger partial charge >= 0.3 is 11.9 Å². The van der Waals surface area contributed by atoms with Gasteiger partial charge in [0.15, 0.2) is 0 Å². The first kappa shape index (κ1) is 19.3. The Kier molecular flexibility index (Phi) is 4.45. The molecule has 0 bridgehead atoms. The van der Waals surface area contributed by atoms with Gasteiger partial charge in [0.1, 0.15) is 0 Å². The van der Waals surface area contributed by atoms with E-state index in [0.717, 1.165) is 52.0 Å². The van der Waals surface area contributed by atoms with E-state index in [1.165, 1.54) is 14.2 Å². The van der Waals surface area contributed by atoms with Crippen LogP contribution in [0.1, 0.15) is 20.7 Å². The van der Waals surface area contributed by atoms with Crippen molar-refractivity contribution in [2.24, 2.45) is 0 Å². The lowest BCUT2D eigenvalue weighted by Gasteiger charge is -2.18. The van der Waals surface area contributed by atoms with Crippen molar-refractivity contribution in [2.45, 2.75) is 0 Å². The van der Waals surface area contributed by atoms with Gasteiger partial charge < -0.3 is 9.47 Å². The fourth-order valence-electron chi connectivity index (χ4n) is 4.35. The fourth-order valence-corrected chi connectivity index (χ4v) is 5.36. The number of rotatable bonds is 2. The second-order valence-electron chi connectivity index (χ2n) is 7.03. The Labute approximate surface area is 188 Å². The normalized spacial score (nSPS) is 11.6. The molecule has 5 aromatic carbocycles. The van der Waals surface area contributed by atoms with Gasteiger partial charge in [0, 0.05) is 14.3 Å². The maximum atomic E-state index is 12.4. The van der Waals surface area contributed by atoms with E-state index in [0.29, 0.717) is 11.1 Å². The lowest BCUT2D eigenvalue weighted by atomic mass is 9.87. The first-order valence-corrected chi connectivity index (χ1v) is 10.7. The smallest absolute Gasteiger partial charge is 0.338 e. The van der Waals surface area contributed by atoms with E-state index < -0.39 is 0 Å². The number of halogens is 2. The van der Waals surface area contributed by atoms with E-state index in [2.05, 4.69) is 31.9 Å². The second-order valence-corrected chi connectivity index (χ2v) is 8.80. The van der Waals surface area contributed by atoms with Crippen LogP contribution in [0.15, 0.2) is 57.5 Å². The number of carbonyl (C=O) groups excluding carboxylic acids is 2. The van der Waals surface area contributed by atoms with Crippen LogP contribution in [0.2, 0.25) is 0 Å². The number of ether oxygens (including phenoxy) is 2. The highest BCUT2D eigenvalue weighted by molar-refractivity contribution is 9.11. The van der Waals surface area contributed by atoms with Gasteiger partial charge in [-0.25, -0.2) is 9.59 Å². The molecule has 5 rings (SSSR count). The largest absolute Gasteiger partial charge is 0.465 e. The third-order valence-corrected chi connectivity index (χ3v) is 6.70. The molecule has 30 heavy (non-hydrogen) atoms. The van der Waals surface area contributed by atoms with Gasteiger partial charge in [0.05, 0.1) is 25.3 Å². The van der Waals surface area contributed by atoms with Crippen LogP contribution in [0.25, 0.3) is 43.1 Å². The molecule has 0 amide bonds. The summed E-state index contributed by atoms with van der Waals surface area (Å²) in [7, 11) is 2.77. The molecule has 5 aromatic rings. The second kappa shape index (κ2) is 6.93.